The highest BCUT2D eigenvalue weighted by Crippen LogP contribution is 2.20. The Bertz CT molecular complexity index is 390. The Labute approximate surface area is 125 Å². The van der Waals surface area contributed by atoms with Crippen molar-refractivity contribution in [2.75, 3.05) is 58.6 Å². The van der Waals surface area contributed by atoms with Crippen LogP contribution in [0.25, 0.3) is 0 Å². The molecule has 0 saturated heterocycles. The predicted octanol–water partition coefficient (Wildman–Crippen LogP) is 2.32. The molecule has 0 unspecified atom stereocenters. The summed E-state index contributed by atoms with van der Waals surface area (Å²) in [7, 11) is 1.63. The minimum absolute atomic E-state index is 0.271. The van der Waals surface area contributed by atoms with Gasteiger partial charge in [-0.25, -0.2) is 4.39 Å². The molecule has 6 heteroatoms. The van der Waals surface area contributed by atoms with Gasteiger partial charge in [-0.2, -0.15) is 0 Å². The van der Waals surface area contributed by atoms with Crippen molar-refractivity contribution in [1.29, 1.82) is 0 Å². The Balaban J connectivity index is 2.08. The van der Waals surface area contributed by atoms with E-state index in [0.29, 0.717) is 51.9 Å². The first-order valence-corrected chi connectivity index (χ1v) is 7.08. The van der Waals surface area contributed by atoms with Crippen LogP contribution in [0.2, 0.25) is 0 Å². The molecule has 0 bridgehead atoms. The molecule has 0 amide bonds. The van der Waals surface area contributed by atoms with Crippen molar-refractivity contribution >= 4 is 5.69 Å². The van der Waals surface area contributed by atoms with Crippen molar-refractivity contribution in [3.05, 3.63) is 24.0 Å². The molecule has 0 radical (unpaired) electrons. The topological polar surface area (TPSA) is 49.0 Å². The van der Waals surface area contributed by atoms with Gasteiger partial charge < -0.3 is 24.3 Å². The van der Waals surface area contributed by atoms with Gasteiger partial charge in [0.15, 0.2) is 11.6 Å². The van der Waals surface area contributed by atoms with Gasteiger partial charge in [-0.3, -0.25) is 0 Å². The fourth-order valence-corrected chi connectivity index (χ4v) is 1.62. The van der Waals surface area contributed by atoms with Crippen molar-refractivity contribution in [3.8, 4) is 5.75 Å². The van der Waals surface area contributed by atoms with Crippen LogP contribution in [-0.2, 0) is 14.2 Å². The second kappa shape index (κ2) is 11.3. The van der Waals surface area contributed by atoms with Crippen LogP contribution in [0, 0.1) is 5.82 Å². The number of halogens is 1. The normalized spacial score (nSPS) is 10.6. The molecule has 120 valence electrons. The smallest absolute Gasteiger partial charge is 0.167 e. The summed E-state index contributed by atoms with van der Waals surface area (Å²) in [6.45, 7) is 5.64. The maximum Gasteiger partial charge on any atom is 0.167 e. The molecule has 0 heterocycles. The molecule has 1 aromatic carbocycles. The molecule has 5 nitrogen and oxygen atoms in total. The van der Waals surface area contributed by atoms with E-state index in [-0.39, 0.29) is 11.6 Å². The van der Waals surface area contributed by atoms with Crippen molar-refractivity contribution in [1.82, 2.24) is 0 Å². The van der Waals surface area contributed by atoms with E-state index < -0.39 is 0 Å². The molecule has 1 aromatic rings. The fraction of sp³-hybridized carbons (Fsp3) is 0.600. The van der Waals surface area contributed by atoms with E-state index in [1.807, 2.05) is 6.92 Å². The lowest BCUT2D eigenvalue weighted by Gasteiger charge is -2.10. The van der Waals surface area contributed by atoms with Crippen LogP contribution >= 0.6 is 0 Å². The molecule has 0 aliphatic rings. The van der Waals surface area contributed by atoms with Crippen LogP contribution in [0.3, 0.4) is 0 Å². The molecule has 0 spiro atoms. The highest BCUT2D eigenvalue weighted by Gasteiger charge is 2.03. The Hall–Kier alpha value is -1.37. The summed E-state index contributed by atoms with van der Waals surface area (Å²) in [6.07, 6.45) is 0. The van der Waals surface area contributed by atoms with E-state index >= 15 is 0 Å². The number of rotatable bonds is 12. The average molecular weight is 301 g/mol. The summed E-state index contributed by atoms with van der Waals surface area (Å²) in [5.41, 5.74) is 0.705. The van der Waals surface area contributed by atoms with Gasteiger partial charge in [0.2, 0.25) is 0 Å². The van der Waals surface area contributed by atoms with Gasteiger partial charge in [-0.1, -0.05) is 0 Å². The Morgan fingerprint density at radius 1 is 1.05 bits per heavy atom. The van der Waals surface area contributed by atoms with Crippen LogP contribution in [0.1, 0.15) is 6.92 Å². The van der Waals surface area contributed by atoms with Gasteiger partial charge in [0, 0.05) is 25.4 Å². The molecule has 0 saturated carbocycles. The minimum Gasteiger partial charge on any atom is -0.491 e. The lowest BCUT2D eigenvalue weighted by Crippen LogP contribution is -2.13. The SMILES string of the molecule is CCOc1ccc(NCCOCCOCCOC)cc1F. The van der Waals surface area contributed by atoms with Crippen molar-refractivity contribution < 1.29 is 23.3 Å². The summed E-state index contributed by atoms with van der Waals surface area (Å²) in [6, 6.07) is 4.81. The number of hydrogen-bond acceptors (Lipinski definition) is 5. The molecule has 0 aliphatic heterocycles. The number of ether oxygens (including phenoxy) is 4. The maximum atomic E-state index is 13.6. The van der Waals surface area contributed by atoms with Gasteiger partial charge in [0.25, 0.3) is 0 Å². The van der Waals surface area contributed by atoms with E-state index in [2.05, 4.69) is 5.32 Å². The van der Waals surface area contributed by atoms with E-state index in [9.17, 15) is 4.39 Å². The predicted molar refractivity (Wildman–Crippen MR) is 79.6 cm³/mol. The van der Waals surface area contributed by atoms with Gasteiger partial charge in [0.05, 0.1) is 39.6 Å². The first-order valence-electron chi connectivity index (χ1n) is 7.08. The van der Waals surface area contributed by atoms with Crippen molar-refractivity contribution in [2.24, 2.45) is 0 Å². The molecule has 0 atom stereocenters. The first-order chi connectivity index (χ1) is 10.3. The van der Waals surface area contributed by atoms with Crippen molar-refractivity contribution in [2.45, 2.75) is 6.92 Å². The average Bonchev–Trinajstić information content (AvgIpc) is 2.48. The number of hydrogen-bond donors (Lipinski definition) is 1. The third kappa shape index (κ3) is 7.84. The maximum absolute atomic E-state index is 13.6. The van der Waals surface area contributed by atoms with Gasteiger partial charge in [-0.05, 0) is 19.1 Å². The summed E-state index contributed by atoms with van der Waals surface area (Å²) in [5, 5.41) is 3.08. The molecular weight excluding hydrogens is 277 g/mol. The molecule has 0 fully saturated rings. The van der Waals surface area contributed by atoms with Crippen LogP contribution in [-0.4, -0.2) is 53.3 Å². The second-order valence-electron chi connectivity index (χ2n) is 4.22. The summed E-state index contributed by atoms with van der Waals surface area (Å²) < 4.78 is 34.2. The molecular formula is C15H24FNO4. The molecule has 0 aromatic heterocycles. The first kappa shape index (κ1) is 17.7. The minimum atomic E-state index is -0.366. The highest BCUT2D eigenvalue weighted by atomic mass is 19.1. The Morgan fingerprint density at radius 2 is 1.76 bits per heavy atom. The lowest BCUT2D eigenvalue weighted by atomic mass is 10.3. The highest BCUT2D eigenvalue weighted by molar-refractivity contribution is 5.47. The van der Waals surface area contributed by atoms with Gasteiger partial charge in [0.1, 0.15) is 0 Å². The fourth-order valence-electron chi connectivity index (χ4n) is 1.62. The zero-order chi connectivity index (χ0) is 15.3. The number of methoxy groups -OCH3 is 1. The van der Waals surface area contributed by atoms with Crippen LogP contribution < -0.4 is 10.1 Å². The largest absolute Gasteiger partial charge is 0.491 e. The summed E-state index contributed by atoms with van der Waals surface area (Å²) in [5.74, 6) is -0.0955. The second-order valence-corrected chi connectivity index (χ2v) is 4.22. The number of nitrogens with one attached hydrogen (secondary N) is 1. The van der Waals surface area contributed by atoms with E-state index in [0.717, 1.165) is 0 Å². The van der Waals surface area contributed by atoms with Crippen LogP contribution in [0.15, 0.2) is 18.2 Å². The van der Waals surface area contributed by atoms with Crippen LogP contribution in [0.4, 0.5) is 10.1 Å². The monoisotopic (exact) mass is 301 g/mol. The zero-order valence-electron chi connectivity index (χ0n) is 12.7. The van der Waals surface area contributed by atoms with Gasteiger partial charge >= 0.3 is 0 Å². The standard InChI is InChI=1S/C15H24FNO4/c1-3-21-15-5-4-13(12-14(15)16)17-6-7-19-10-11-20-9-8-18-2/h4-5,12,17H,3,6-11H2,1-2H3. The van der Waals surface area contributed by atoms with Gasteiger partial charge in [-0.15, -0.1) is 0 Å². The number of anilines is 1. The lowest BCUT2D eigenvalue weighted by molar-refractivity contribution is 0.0272. The summed E-state index contributed by atoms with van der Waals surface area (Å²) >= 11 is 0. The Kier molecular flexibility index (Phi) is 9.52. The third-order valence-electron chi connectivity index (χ3n) is 2.61. The van der Waals surface area contributed by atoms with E-state index in [1.54, 1.807) is 19.2 Å². The molecule has 1 N–H and O–H groups in total. The quantitative estimate of drug-likeness (QED) is 0.600. The molecule has 0 aliphatic carbocycles. The summed E-state index contributed by atoms with van der Waals surface area (Å²) in [4.78, 5) is 0. The van der Waals surface area contributed by atoms with E-state index in [4.69, 9.17) is 18.9 Å². The van der Waals surface area contributed by atoms with Crippen LogP contribution in [0.5, 0.6) is 5.75 Å². The van der Waals surface area contributed by atoms with E-state index in [1.165, 1.54) is 6.07 Å². The number of benzene rings is 1. The van der Waals surface area contributed by atoms with Crippen molar-refractivity contribution in [3.63, 3.8) is 0 Å². The third-order valence-corrected chi connectivity index (χ3v) is 2.61. The molecule has 1 rings (SSSR count). The molecule has 21 heavy (non-hydrogen) atoms. The zero-order valence-corrected chi connectivity index (χ0v) is 12.7. The Morgan fingerprint density at radius 3 is 2.43 bits per heavy atom.